The average Bonchev–Trinajstić information content (AvgIpc) is 2.63. The van der Waals surface area contributed by atoms with Gasteiger partial charge in [-0.25, -0.2) is 4.79 Å². The lowest BCUT2D eigenvalue weighted by molar-refractivity contribution is -0.152. The molecule has 0 bridgehead atoms. The molecular weight excluding hydrogens is 198 g/mol. The van der Waals surface area contributed by atoms with E-state index in [4.69, 9.17) is 9.84 Å². The molecule has 0 aromatic carbocycles. The van der Waals surface area contributed by atoms with Crippen LogP contribution in [0.5, 0.6) is 0 Å². The van der Waals surface area contributed by atoms with Gasteiger partial charge in [0.25, 0.3) is 0 Å². The summed E-state index contributed by atoms with van der Waals surface area (Å²) in [4.78, 5) is 22.0. The maximum Gasteiger partial charge on any atom is 0.329 e. The fraction of sp³-hybridized carbons (Fsp3) is 0.800. The fourth-order valence-corrected chi connectivity index (χ4v) is 2.21. The highest BCUT2D eigenvalue weighted by molar-refractivity contribution is 5.83. The van der Waals surface area contributed by atoms with Crippen molar-refractivity contribution >= 4 is 11.9 Å². The van der Waals surface area contributed by atoms with Crippen LogP contribution in [0.15, 0.2) is 0 Å². The SMILES string of the molecule is COC1(C(NC(C)=O)C(=O)O)CCCC1. The van der Waals surface area contributed by atoms with E-state index >= 15 is 0 Å². The maximum atomic E-state index is 11.1. The second-order valence-corrected chi connectivity index (χ2v) is 3.95. The number of rotatable bonds is 4. The number of ether oxygens (including phenoxy) is 1. The van der Waals surface area contributed by atoms with Crippen LogP contribution in [-0.4, -0.2) is 35.7 Å². The lowest BCUT2D eigenvalue weighted by Gasteiger charge is -2.33. The Morgan fingerprint density at radius 2 is 1.93 bits per heavy atom. The van der Waals surface area contributed by atoms with Gasteiger partial charge in [0.15, 0.2) is 6.04 Å². The minimum atomic E-state index is -1.03. The minimum Gasteiger partial charge on any atom is -0.480 e. The molecule has 0 aliphatic heterocycles. The van der Waals surface area contributed by atoms with Gasteiger partial charge in [0, 0.05) is 14.0 Å². The van der Waals surface area contributed by atoms with Gasteiger partial charge in [-0.2, -0.15) is 0 Å². The summed E-state index contributed by atoms with van der Waals surface area (Å²) in [6.45, 7) is 1.31. The Hall–Kier alpha value is -1.10. The minimum absolute atomic E-state index is 0.342. The first-order valence-electron chi connectivity index (χ1n) is 5.07. The van der Waals surface area contributed by atoms with Gasteiger partial charge >= 0.3 is 5.97 Å². The number of aliphatic carboxylic acids is 1. The van der Waals surface area contributed by atoms with Crippen LogP contribution < -0.4 is 5.32 Å². The molecule has 0 heterocycles. The van der Waals surface area contributed by atoms with E-state index in [9.17, 15) is 9.59 Å². The number of carboxylic acid groups (broad SMARTS) is 1. The highest BCUT2D eigenvalue weighted by atomic mass is 16.5. The first-order chi connectivity index (χ1) is 7.02. The predicted octanol–water partition coefficient (Wildman–Crippen LogP) is 0.535. The summed E-state index contributed by atoms with van der Waals surface area (Å²) >= 11 is 0. The number of methoxy groups -OCH3 is 1. The monoisotopic (exact) mass is 215 g/mol. The summed E-state index contributed by atoms with van der Waals surface area (Å²) < 4.78 is 5.33. The molecule has 1 amide bonds. The zero-order chi connectivity index (χ0) is 11.5. The van der Waals surface area contributed by atoms with Crippen molar-refractivity contribution in [3.05, 3.63) is 0 Å². The number of hydrogen-bond donors (Lipinski definition) is 2. The third kappa shape index (κ3) is 2.47. The normalized spacial score (nSPS) is 20.9. The van der Waals surface area contributed by atoms with Gasteiger partial charge in [0.05, 0.1) is 5.60 Å². The number of carbonyl (C=O) groups excluding carboxylic acids is 1. The molecule has 0 radical (unpaired) electrons. The van der Waals surface area contributed by atoms with Crippen molar-refractivity contribution in [2.45, 2.75) is 44.2 Å². The number of carboxylic acids is 1. The topological polar surface area (TPSA) is 75.6 Å². The van der Waals surface area contributed by atoms with Crippen molar-refractivity contribution in [1.29, 1.82) is 0 Å². The zero-order valence-electron chi connectivity index (χ0n) is 9.08. The van der Waals surface area contributed by atoms with Gasteiger partial charge in [-0.05, 0) is 12.8 Å². The van der Waals surface area contributed by atoms with Gasteiger partial charge in [-0.1, -0.05) is 12.8 Å². The molecule has 5 nitrogen and oxygen atoms in total. The molecule has 1 aliphatic carbocycles. The molecule has 0 aromatic rings. The molecule has 0 aromatic heterocycles. The molecule has 15 heavy (non-hydrogen) atoms. The Labute approximate surface area is 88.8 Å². The van der Waals surface area contributed by atoms with Gasteiger partial charge in [0.1, 0.15) is 0 Å². The largest absolute Gasteiger partial charge is 0.480 e. The van der Waals surface area contributed by atoms with E-state index in [2.05, 4.69) is 5.32 Å². The standard InChI is InChI=1S/C10H17NO4/c1-7(12)11-8(9(13)14)10(15-2)5-3-4-6-10/h8H,3-6H2,1-2H3,(H,11,12)(H,13,14). The summed E-state index contributed by atoms with van der Waals surface area (Å²) in [6.07, 6.45) is 3.25. The Morgan fingerprint density at radius 3 is 2.27 bits per heavy atom. The Kier molecular flexibility index (Phi) is 3.68. The second-order valence-electron chi connectivity index (χ2n) is 3.95. The fourth-order valence-electron chi connectivity index (χ4n) is 2.21. The Bertz CT molecular complexity index is 258. The molecule has 1 unspecified atom stereocenters. The lowest BCUT2D eigenvalue weighted by atomic mass is 9.92. The van der Waals surface area contributed by atoms with Crippen molar-refractivity contribution < 1.29 is 19.4 Å². The molecule has 1 fully saturated rings. The summed E-state index contributed by atoms with van der Waals surface area (Å²) in [5.74, 6) is -1.38. The van der Waals surface area contributed by atoms with Gasteiger partial charge in [0.2, 0.25) is 5.91 Å². The molecule has 2 N–H and O–H groups in total. The summed E-state index contributed by atoms with van der Waals surface area (Å²) in [5.41, 5.74) is -0.725. The lowest BCUT2D eigenvalue weighted by Crippen LogP contribution is -2.56. The highest BCUT2D eigenvalue weighted by Crippen LogP contribution is 2.35. The number of carbonyl (C=O) groups is 2. The van der Waals surface area contributed by atoms with Crippen molar-refractivity contribution in [3.8, 4) is 0 Å². The van der Waals surface area contributed by atoms with Crippen LogP contribution >= 0.6 is 0 Å². The number of nitrogens with one attached hydrogen (secondary N) is 1. The van der Waals surface area contributed by atoms with Gasteiger partial charge in [-0.3, -0.25) is 4.79 Å². The Morgan fingerprint density at radius 1 is 1.40 bits per heavy atom. The summed E-state index contributed by atoms with van der Waals surface area (Å²) in [5, 5.41) is 11.5. The molecule has 1 atom stereocenters. The van der Waals surface area contributed by atoms with E-state index in [1.807, 2.05) is 0 Å². The highest BCUT2D eigenvalue weighted by Gasteiger charge is 2.46. The van der Waals surface area contributed by atoms with E-state index in [1.54, 1.807) is 0 Å². The molecule has 0 saturated heterocycles. The molecule has 1 saturated carbocycles. The van der Waals surface area contributed by atoms with Crippen LogP contribution in [0.2, 0.25) is 0 Å². The average molecular weight is 215 g/mol. The molecule has 0 spiro atoms. The van der Waals surface area contributed by atoms with Crippen LogP contribution in [0, 0.1) is 0 Å². The van der Waals surface area contributed by atoms with E-state index in [0.717, 1.165) is 12.8 Å². The first kappa shape index (κ1) is 12.0. The van der Waals surface area contributed by atoms with Crippen LogP contribution in [0.25, 0.3) is 0 Å². The van der Waals surface area contributed by atoms with Crippen molar-refractivity contribution in [2.24, 2.45) is 0 Å². The quantitative estimate of drug-likeness (QED) is 0.717. The number of amides is 1. The van der Waals surface area contributed by atoms with Crippen LogP contribution in [-0.2, 0) is 14.3 Å². The van der Waals surface area contributed by atoms with E-state index in [-0.39, 0.29) is 5.91 Å². The first-order valence-corrected chi connectivity index (χ1v) is 5.07. The molecule has 86 valence electrons. The van der Waals surface area contributed by atoms with Crippen molar-refractivity contribution in [2.75, 3.05) is 7.11 Å². The third-order valence-electron chi connectivity index (χ3n) is 2.98. The predicted molar refractivity (Wildman–Crippen MR) is 53.4 cm³/mol. The molecule has 1 rings (SSSR count). The van der Waals surface area contributed by atoms with Crippen LogP contribution in [0.4, 0.5) is 0 Å². The van der Waals surface area contributed by atoms with Gasteiger partial charge < -0.3 is 15.2 Å². The summed E-state index contributed by atoms with van der Waals surface area (Å²) in [6, 6.07) is -0.942. The molecular formula is C10H17NO4. The second kappa shape index (κ2) is 4.61. The van der Waals surface area contributed by atoms with E-state index in [1.165, 1.54) is 14.0 Å². The third-order valence-corrected chi connectivity index (χ3v) is 2.98. The molecule has 1 aliphatic rings. The van der Waals surface area contributed by atoms with Crippen molar-refractivity contribution in [3.63, 3.8) is 0 Å². The smallest absolute Gasteiger partial charge is 0.329 e. The van der Waals surface area contributed by atoms with Crippen LogP contribution in [0.1, 0.15) is 32.6 Å². The number of hydrogen-bond acceptors (Lipinski definition) is 3. The van der Waals surface area contributed by atoms with Gasteiger partial charge in [-0.15, -0.1) is 0 Å². The Balaban J connectivity index is 2.85. The summed E-state index contributed by atoms with van der Waals surface area (Å²) in [7, 11) is 1.50. The van der Waals surface area contributed by atoms with E-state index in [0.29, 0.717) is 12.8 Å². The molecule has 5 heteroatoms. The van der Waals surface area contributed by atoms with Crippen molar-refractivity contribution in [1.82, 2.24) is 5.32 Å². The van der Waals surface area contributed by atoms with E-state index < -0.39 is 17.6 Å². The van der Waals surface area contributed by atoms with Crippen LogP contribution in [0.3, 0.4) is 0 Å². The maximum absolute atomic E-state index is 11.1. The zero-order valence-corrected chi connectivity index (χ0v) is 9.08.